The summed E-state index contributed by atoms with van der Waals surface area (Å²) in [5.74, 6) is -2.19. The van der Waals surface area contributed by atoms with Gasteiger partial charge < -0.3 is 14.7 Å². The number of carbonyl (C=O) groups is 2. The van der Waals surface area contributed by atoms with Crippen LogP contribution in [0.5, 0.6) is 0 Å². The van der Waals surface area contributed by atoms with E-state index in [4.69, 9.17) is 0 Å². The lowest BCUT2D eigenvalue weighted by molar-refractivity contribution is -0.131. The molecule has 2 amide bonds. The van der Waals surface area contributed by atoms with Gasteiger partial charge in [0.2, 0.25) is 11.8 Å². The lowest BCUT2D eigenvalue weighted by atomic mass is 10.1. The second-order valence-corrected chi connectivity index (χ2v) is 9.39. The number of aromatic nitrogens is 2. The fourth-order valence-corrected chi connectivity index (χ4v) is 4.73. The summed E-state index contributed by atoms with van der Waals surface area (Å²) in [5, 5.41) is 4.43. The maximum Gasteiger partial charge on any atom is 0.226 e. The second-order valence-electron chi connectivity index (χ2n) is 9.39. The Kier molecular flexibility index (Phi) is 8.99. The van der Waals surface area contributed by atoms with Crippen molar-refractivity contribution in [3.05, 3.63) is 46.3 Å². The molecule has 0 spiro atoms. The number of aryl methyl sites for hydroxylation is 2. The highest BCUT2D eigenvalue weighted by Gasteiger charge is 2.24. The van der Waals surface area contributed by atoms with E-state index >= 15 is 0 Å². The maximum atomic E-state index is 14.3. The fourth-order valence-electron chi connectivity index (χ4n) is 4.73. The first-order valence-corrected chi connectivity index (χ1v) is 12.4. The van der Waals surface area contributed by atoms with Crippen LogP contribution in [0.25, 0.3) is 0 Å². The Bertz CT molecular complexity index is 1070. The van der Waals surface area contributed by atoms with Crippen LogP contribution >= 0.6 is 0 Å². The number of hydrogen-bond donors (Lipinski definition) is 0. The summed E-state index contributed by atoms with van der Waals surface area (Å²) in [6.07, 6.45) is 2.59. The molecule has 0 atom stereocenters. The Morgan fingerprint density at radius 2 is 1.63 bits per heavy atom. The van der Waals surface area contributed by atoms with E-state index in [2.05, 4.69) is 10.00 Å². The molecular weight excluding hydrogens is 452 g/mol. The first-order valence-electron chi connectivity index (χ1n) is 12.4. The Balaban J connectivity index is 1.92. The molecule has 0 saturated heterocycles. The number of rotatable bonds is 4. The van der Waals surface area contributed by atoms with Gasteiger partial charge in [0.25, 0.3) is 0 Å². The summed E-state index contributed by atoms with van der Waals surface area (Å²) >= 11 is 0. The molecule has 0 unspecified atom stereocenters. The molecule has 1 aliphatic heterocycles. The normalized spacial score (nSPS) is 16.0. The van der Waals surface area contributed by atoms with Gasteiger partial charge in [-0.05, 0) is 70.4 Å². The maximum absolute atomic E-state index is 14.3. The highest BCUT2D eigenvalue weighted by atomic mass is 19.2. The van der Waals surface area contributed by atoms with Crippen LogP contribution < -0.4 is 4.90 Å². The summed E-state index contributed by atoms with van der Waals surface area (Å²) in [6, 6.07) is 2.23. The van der Waals surface area contributed by atoms with E-state index < -0.39 is 11.6 Å². The SMILES string of the molecule is CCC(=O)N1CCCN(C)CCCN(C(=O)CCc2c(C)nn(C)c2C)Cc2cc(F)c(F)cc21. The predicted molar refractivity (Wildman–Crippen MR) is 132 cm³/mol. The Labute approximate surface area is 206 Å². The zero-order valence-electron chi connectivity index (χ0n) is 21.5. The van der Waals surface area contributed by atoms with Crippen LogP contribution in [0.15, 0.2) is 12.1 Å². The predicted octanol–water partition coefficient (Wildman–Crippen LogP) is 3.75. The van der Waals surface area contributed by atoms with Crippen molar-refractivity contribution in [3.63, 3.8) is 0 Å². The average molecular weight is 490 g/mol. The monoisotopic (exact) mass is 489 g/mol. The number of hydrogen-bond acceptors (Lipinski definition) is 4. The molecule has 0 aliphatic carbocycles. The van der Waals surface area contributed by atoms with Gasteiger partial charge in [-0.2, -0.15) is 5.10 Å². The van der Waals surface area contributed by atoms with Gasteiger partial charge in [0.1, 0.15) is 0 Å². The fraction of sp³-hybridized carbons (Fsp3) is 0.577. The van der Waals surface area contributed by atoms with Crippen LogP contribution in [-0.4, -0.2) is 64.6 Å². The van der Waals surface area contributed by atoms with Crippen molar-refractivity contribution in [1.82, 2.24) is 19.6 Å². The third kappa shape index (κ3) is 6.45. The summed E-state index contributed by atoms with van der Waals surface area (Å²) in [7, 11) is 3.90. The highest BCUT2D eigenvalue weighted by molar-refractivity contribution is 5.94. The molecule has 2 aromatic rings. The summed E-state index contributed by atoms with van der Waals surface area (Å²) in [4.78, 5) is 31.6. The highest BCUT2D eigenvalue weighted by Crippen LogP contribution is 2.27. The molecule has 2 heterocycles. The first kappa shape index (κ1) is 26.8. The number of benzene rings is 1. The van der Waals surface area contributed by atoms with E-state index in [-0.39, 0.29) is 24.8 Å². The van der Waals surface area contributed by atoms with Crippen LogP contribution in [0.1, 0.15) is 55.1 Å². The molecule has 9 heteroatoms. The summed E-state index contributed by atoms with van der Waals surface area (Å²) < 4.78 is 30.4. The molecule has 35 heavy (non-hydrogen) atoms. The van der Waals surface area contributed by atoms with E-state index in [1.807, 2.05) is 32.6 Å². The number of nitrogens with zero attached hydrogens (tertiary/aromatic N) is 5. The molecule has 7 nitrogen and oxygen atoms in total. The second kappa shape index (κ2) is 11.7. The van der Waals surface area contributed by atoms with E-state index in [0.717, 1.165) is 48.6 Å². The number of fused-ring (bicyclic) bond motifs is 1. The molecule has 0 fully saturated rings. The molecule has 1 aliphatic rings. The summed E-state index contributed by atoms with van der Waals surface area (Å²) in [5.41, 5.74) is 3.78. The van der Waals surface area contributed by atoms with Crippen molar-refractivity contribution < 1.29 is 18.4 Å². The molecule has 192 valence electrons. The van der Waals surface area contributed by atoms with E-state index in [1.165, 1.54) is 4.90 Å². The quantitative estimate of drug-likeness (QED) is 0.657. The Morgan fingerprint density at radius 1 is 0.971 bits per heavy atom. The van der Waals surface area contributed by atoms with Crippen molar-refractivity contribution in [2.75, 3.05) is 38.1 Å². The van der Waals surface area contributed by atoms with Crippen molar-refractivity contribution >= 4 is 17.5 Å². The van der Waals surface area contributed by atoms with Crippen molar-refractivity contribution in [3.8, 4) is 0 Å². The number of halogens is 2. The van der Waals surface area contributed by atoms with Gasteiger partial charge in [-0.3, -0.25) is 14.3 Å². The van der Waals surface area contributed by atoms with Gasteiger partial charge in [0.05, 0.1) is 11.4 Å². The van der Waals surface area contributed by atoms with Gasteiger partial charge in [0.15, 0.2) is 11.6 Å². The third-order valence-corrected chi connectivity index (χ3v) is 6.87. The van der Waals surface area contributed by atoms with Crippen molar-refractivity contribution in [2.24, 2.45) is 7.05 Å². The van der Waals surface area contributed by atoms with Crippen LogP contribution in [0.3, 0.4) is 0 Å². The lowest BCUT2D eigenvalue weighted by Gasteiger charge is -2.31. The van der Waals surface area contributed by atoms with Gasteiger partial charge in [-0.1, -0.05) is 6.92 Å². The van der Waals surface area contributed by atoms with Crippen molar-refractivity contribution in [2.45, 2.75) is 59.4 Å². The smallest absolute Gasteiger partial charge is 0.226 e. The molecule has 1 aromatic carbocycles. The third-order valence-electron chi connectivity index (χ3n) is 6.87. The minimum absolute atomic E-state index is 0.0589. The van der Waals surface area contributed by atoms with Gasteiger partial charge in [0, 0.05) is 51.3 Å². The van der Waals surface area contributed by atoms with Gasteiger partial charge in [-0.15, -0.1) is 0 Å². The van der Waals surface area contributed by atoms with E-state index in [9.17, 15) is 18.4 Å². The molecule has 0 radical (unpaired) electrons. The number of anilines is 1. The van der Waals surface area contributed by atoms with Gasteiger partial charge in [-0.25, -0.2) is 8.78 Å². The van der Waals surface area contributed by atoms with E-state index in [1.54, 1.807) is 11.8 Å². The topological polar surface area (TPSA) is 61.7 Å². The largest absolute Gasteiger partial charge is 0.338 e. The number of carbonyl (C=O) groups excluding carboxylic acids is 2. The van der Waals surface area contributed by atoms with Crippen LogP contribution in [0.2, 0.25) is 0 Å². The zero-order valence-corrected chi connectivity index (χ0v) is 21.5. The van der Waals surface area contributed by atoms with E-state index in [0.29, 0.717) is 43.6 Å². The van der Waals surface area contributed by atoms with Gasteiger partial charge >= 0.3 is 0 Å². The molecular formula is C26H37F2N5O2. The molecule has 1 aromatic heterocycles. The lowest BCUT2D eigenvalue weighted by Crippen LogP contribution is -2.38. The first-order chi connectivity index (χ1) is 16.6. The minimum Gasteiger partial charge on any atom is -0.338 e. The van der Waals surface area contributed by atoms with Crippen LogP contribution in [0.4, 0.5) is 14.5 Å². The molecule has 0 bridgehead atoms. The van der Waals surface area contributed by atoms with Crippen LogP contribution in [-0.2, 0) is 29.6 Å². The average Bonchev–Trinajstić information content (AvgIpc) is 3.06. The molecule has 3 rings (SSSR count). The van der Waals surface area contributed by atoms with Crippen molar-refractivity contribution in [1.29, 1.82) is 0 Å². The number of amides is 2. The molecule has 0 N–H and O–H groups in total. The Hall–Kier alpha value is -2.81. The summed E-state index contributed by atoms with van der Waals surface area (Å²) in [6.45, 7) is 8.26. The standard InChI is InChI=1S/C26H37F2N5O2/c1-6-25(34)33-14-8-12-30(4)11-7-13-32(17-20-15-22(27)23(28)16-24(20)33)26(35)10-9-21-18(2)29-31(5)19(21)3/h15-16H,6-14,17H2,1-5H3. The van der Waals surface area contributed by atoms with Crippen LogP contribution in [0, 0.1) is 25.5 Å². The molecule has 0 saturated carbocycles. The minimum atomic E-state index is -0.998. The zero-order chi connectivity index (χ0) is 25.7. The Morgan fingerprint density at radius 3 is 2.26 bits per heavy atom.